The molecule has 1 saturated carbocycles. The van der Waals surface area contributed by atoms with Crippen molar-refractivity contribution >= 4 is 11.8 Å². The van der Waals surface area contributed by atoms with Gasteiger partial charge in [-0.25, -0.2) is 0 Å². The largest absolute Gasteiger partial charge is 0.355 e. The number of hydrogen-bond acceptors (Lipinski definition) is 3. The van der Waals surface area contributed by atoms with Crippen LogP contribution in [0.15, 0.2) is 0 Å². The molecule has 5 nitrogen and oxygen atoms in total. The Bertz CT molecular complexity index is 243. The van der Waals surface area contributed by atoms with Crippen molar-refractivity contribution in [1.29, 1.82) is 0 Å². The standard InChI is InChI=1S/C10H19N3O2/c1-7(14)12-4-5-13-10(15)8-2-3-9(11)6-8/h8-9H,2-6,11H2,1H3,(H,12,14)(H,13,15). The fraction of sp³-hybridized carbons (Fsp3) is 0.800. The zero-order valence-electron chi connectivity index (χ0n) is 9.08. The van der Waals surface area contributed by atoms with E-state index in [4.69, 9.17) is 5.73 Å². The topological polar surface area (TPSA) is 84.2 Å². The lowest BCUT2D eigenvalue weighted by atomic mass is 10.1. The van der Waals surface area contributed by atoms with Crippen molar-refractivity contribution in [1.82, 2.24) is 10.6 Å². The minimum absolute atomic E-state index is 0.0632. The predicted octanol–water partition coefficient (Wildman–Crippen LogP) is -0.634. The van der Waals surface area contributed by atoms with E-state index in [0.29, 0.717) is 13.1 Å². The highest BCUT2D eigenvalue weighted by Gasteiger charge is 2.27. The molecule has 5 heteroatoms. The summed E-state index contributed by atoms with van der Waals surface area (Å²) in [6.07, 6.45) is 2.60. The maximum absolute atomic E-state index is 11.6. The van der Waals surface area contributed by atoms with Crippen molar-refractivity contribution in [2.45, 2.75) is 32.2 Å². The molecule has 86 valence electrons. The monoisotopic (exact) mass is 213 g/mol. The van der Waals surface area contributed by atoms with Gasteiger partial charge in [0.15, 0.2) is 0 Å². The quantitative estimate of drug-likeness (QED) is 0.543. The average Bonchev–Trinajstić information content (AvgIpc) is 2.59. The van der Waals surface area contributed by atoms with Crippen molar-refractivity contribution in [2.24, 2.45) is 11.7 Å². The smallest absolute Gasteiger partial charge is 0.223 e. The minimum atomic E-state index is -0.0767. The van der Waals surface area contributed by atoms with E-state index in [1.165, 1.54) is 6.92 Å². The second kappa shape index (κ2) is 5.70. The van der Waals surface area contributed by atoms with Crippen molar-refractivity contribution in [3.63, 3.8) is 0 Å². The maximum Gasteiger partial charge on any atom is 0.223 e. The highest BCUT2D eigenvalue weighted by Crippen LogP contribution is 2.23. The van der Waals surface area contributed by atoms with E-state index in [2.05, 4.69) is 10.6 Å². The minimum Gasteiger partial charge on any atom is -0.355 e. The number of hydrogen-bond donors (Lipinski definition) is 3. The first-order valence-corrected chi connectivity index (χ1v) is 5.37. The molecular weight excluding hydrogens is 194 g/mol. The third-order valence-corrected chi connectivity index (χ3v) is 2.64. The fourth-order valence-corrected chi connectivity index (χ4v) is 1.82. The molecule has 15 heavy (non-hydrogen) atoms. The van der Waals surface area contributed by atoms with Gasteiger partial charge in [0, 0.05) is 32.0 Å². The zero-order chi connectivity index (χ0) is 11.3. The van der Waals surface area contributed by atoms with Crippen LogP contribution in [0.2, 0.25) is 0 Å². The normalized spacial score (nSPS) is 24.9. The molecule has 0 radical (unpaired) electrons. The van der Waals surface area contributed by atoms with Crippen molar-refractivity contribution in [3.8, 4) is 0 Å². The van der Waals surface area contributed by atoms with Gasteiger partial charge in [0.25, 0.3) is 0 Å². The number of rotatable bonds is 4. The van der Waals surface area contributed by atoms with Gasteiger partial charge in [0.2, 0.25) is 11.8 Å². The van der Waals surface area contributed by atoms with E-state index in [-0.39, 0.29) is 23.8 Å². The molecule has 0 saturated heterocycles. The summed E-state index contributed by atoms with van der Waals surface area (Å²) in [6, 6.07) is 0.177. The first-order valence-electron chi connectivity index (χ1n) is 5.37. The lowest BCUT2D eigenvalue weighted by molar-refractivity contribution is -0.125. The molecule has 0 spiro atoms. The van der Waals surface area contributed by atoms with Gasteiger partial charge in [0.05, 0.1) is 0 Å². The van der Waals surface area contributed by atoms with E-state index in [1.807, 2.05) is 0 Å². The summed E-state index contributed by atoms with van der Waals surface area (Å²) in [5, 5.41) is 5.41. The highest BCUT2D eigenvalue weighted by molar-refractivity contribution is 5.79. The van der Waals surface area contributed by atoms with Gasteiger partial charge >= 0.3 is 0 Å². The van der Waals surface area contributed by atoms with Crippen molar-refractivity contribution < 1.29 is 9.59 Å². The van der Waals surface area contributed by atoms with Gasteiger partial charge < -0.3 is 16.4 Å². The molecule has 1 fully saturated rings. The summed E-state index contributed by atoms with van der Waals surface area (Å²) in [5.74, 6) is 0.0535. The zero-order valence-corrected chi connectivity index (χ0v) is 9.08. The molecule has 1 aliphatic carbocycles. The first-order chi connectivity index (χ1) is 7.09. The Morgan fingerprint density at radius 1 is 1.27 bits per heavy atom. The Kier molecular flexibility index (Phi) is 4.55. The molecule has 2 amide bonds. The lowest BCUT2D eigenvalue weighted by Crippen LogP contribution is -2.36. The Hall–Kier alpha value is -1.10. The second-order valence-electron chi connectivity index (χ2n) is 4.04. The summed E-state index contributed by atoms with van der Waals surface area (Å²) >= 11 is 0. The van der Waals surface area contributed by atoms with Crippen LogP contribution in [0.25, 0.3) is 0 Å². The van der Waals surface area contributed by atoms with Crippen molar-refractivity contribution in [2.75, 3.05) is 13.1 Å². The average molecular weight is 213 g/mol. The van der Waals surface area contributed by atoms with Crippen LogP contribution in [0.5, 0.6) is 0 Å². The van der Waals surface area contributed by atoms with Gasteiger partial charge in [-0.15, -0.1) is 0 Å². The number of carbonyl (C=O) groups excluding carboxylic acids is 2. The van der Waals surface area contributed by atoms with Crippen LogP contribution in [-0.2, 0) is 9.59 Å². The molecule has 4 N–H and O–H groups in total. The van der Waals surface area contributed by atoms with E-state index in [1.54, 1.807) is 0 Å². The molecule has 0 aromatic rings. The molecule has 1 aliphatic rings. The molecule has 2 unspecified atom stereocenters. The summed E-state index contributed by atoms with van der Waals surface area (Å²) < 4.78 is 0. The highest BCUT2D eigenvalue weighted by atomic mass is 16.2. The molecule has 0 aliphatic heterocycles. The van der Waals surface area contributed by atoms with Gasteiger partial charge in [-0.2, -0.15) is 0 Å². The fourth-order valence-electron chi connectivity index (χ4n) is 1.82. The third-order valence-electron chi connectivity index (χ3n) is 2.64. The molecule has 0 bridgehead atoms. The first kappa shape index (κ1) is 12.0. The molecule has 0 aromatic carbocycles. The Labute approximate surface area is 89.8 Å². The van der Waals surface area contributed by atoms with Gasteiger partial charge in [-0.1, -0.05) is 0 Å². The predicted molar refractivity (Wildman–Crippen MR) is 57.0 cm³/mol. The van der Waals surface area contributed by atoms with Crippen LogP contribution in [0.3, 0.4) is 0 Å². The van der Waals surface area contributed by atoms with Crippen LogP contribution in [0.1, 0.15) is 26.2 Å². The lowest BCUT2D eigenvalue weighted by Gasteiger charge is -2.10. The second-order valence-corrected chi connectivity index (χ2v) is 4.04. The molecule has 0 aromatic heterocycles. The van der Waals surface area contributed by atoms with Crippen LogP contribution >= 0.6 is 0 Å². The Morgan fingerprint density at radius 3 is 2.47 bits per heavy atom. The molecular formula is C10H19N3O2. The summed E-state index contributed by atoms with van der Waals surface area (Å²) in [6.45, 7) is 2.43. The molecule has 2 atom stereocenters. The van der Waals surface area contributed by atoms with E-state index < -0.39 is 0 Å². The Morgan fingerprint density at radius 2 is 1.93 bits per heavy atom. The van der Waals surface area contributed by atoms with E-state index in [9.17, 15) is 9.59 Å². The third kappa shape index (κ3) is 4.29. The van der Waals surface area contributed by atoms with Crippen LogP contribution < -0.4 is 16.4 Å². The maximum atomic E-state index is 11.6. The summed E-state index contributed by atoms with van der Waals surface area (Å²) in [7, 11) is 0. The van der Waals surface area contributed by atoms with Crippen LogP contribution in [0.4, 0.5) is 0 Å². The molecule has 1 rings (SSSR count). The van der Waals surface area contributed by atoms with Gasteiger partial charge in [0.1, 0.15) is 0 Å². The molecule has 0 heterocycles. The Balaban J connectivity index is 2.11. The summed E-state index contributed by atoms with van der Waals surface area (Å²) in [4.78, 5) is 22.1. The van der Waals surface area contributed by atoms with Crippen LogP contribution in [-0.4, -0.2) is 30.9 Å². The SMILES string of the molecule is CC(=O)NCCNC(=O)C1CCC(N)C1. The number of nitrogens with two attached hydrogens (primary N) is 1. The number of amides is 2. The van der Waals surface area contributed by atoms with Crippen LogP contribution in [0, 0.1) is 5.92 Å². The van der Waals surface area contributed by atoms with E-state index >= 15 is 0 Å². The van der Waals surface area contributed by atoms with Gasteiger partial charge in [-0.05, 0) is 19.3 Å². The van der Waals surface area contributed by atoms with E-state index in [0.717, 1.165) is 19.3 Å². The number of nitrogens with one attached hydrogen (secondary N) is 2. The number of carbonyl (C=O) groups is 2. The van der Waals surface area contributed by atoms with Gasteiger partial charge in [-0.3, -0.25) is 9.59 Å². The summed E-state index contributed by atoms with van der Waals surface area (Å²) in [5.41, 5.74) is 5.72. The van der Waals surface area contributed by atoms with Crippen molar-refractivity contribution in [3.05, 3.63) is 0 Å².